The van der Waals surface area contributed by atoms with Crippen LogP contribution in [0, 0.1) is 12.3 Å². The lowest BCUT2D eigenvalue weighted by Crippen LogP contribution is -2.37. The van der Waals surface area contributed by atoms with Gasteiger partial charge in [-0.05, 0) is 42.9 Å². The van der Waals surface area contributed by atoms with Crippen molar-refractivity contribution >= 4 is 22.8 Å². The summed E-state index contributed by atoms with van der Waals surface area (Å²) in [5.74, 6) is 0.0285. The Hall–Kier alpha value is -2.30. The number of hydrogen-bond donors (Lipinski definition) is 0. The van der Waals surface area contributed by atoms with E-state index in [1.807, 2.05) is 6.92 Å². The van der Waals surface area contributed by atoms with Crippen LogP contribution in [0.2, 0.25) is 0 Å². The van der Waals surface area contributed by atoms with Crippen molar-refractivity contribution in [3.8, 4) is 0 Å². The Bertz CT molecular complexity index is 840. The van der Waals surface area contributed by atoms with Crippen molar-refractivity contribution in [1.82, 2.24) is 0 Å². The van der Waals surface area contributed by atoms with Crippen LogP contribution in [0.25, 0.3) is 11.0 Å². The molecule has 0 aliphatic carbocycles. The third-order valence-corrected chi connectivity index (χ3v) is 4.79. The second-order valence-corrected chi connectivity index (χ2v) is 7.28. The van der Waals surface area contributed by atoms with Gasteiger partial charge in [-0.3, -0.25) is 4.79 Å². The molecule has 5 heteroatoms. The normalized spacial score (nSPS) is 17.1. The Balaban J connectivity index is 2.11. The van der Waals surface area contributed by atoms with Gasteiger partial charge in [-0.2, -0.15) is 0 Å². The number of nitrogens with zero attached hydrogens (tertiary/aromatic N) is 1. The quantitative estimate of drug-likeness (QED) is 0.789. The van der Waals surface area contributed by atoms with E-state index in [0.717, 1.165) is 31.5 Å². The van der Waals surface area contributed by atoms with Gasteiger partial charge in [-0.15, -0.1) is 0 Å². The molecule has 1 fully saturated rings. The van der Waals surface area contributed by atoms with Gasteiger partial charge in [-0.25, -0.2) is 4.79 Å². The van der Waals surface area contributed by atoms with Crippen molar-refractivity contribution in [3.63, 3.8) is 0 Å². The zero-order valence-corrected chi connectivity index (χ0v) is 14.6. The number of piperidine rings is 1. The SMILES string of the molecule is COC(=O)c1cc(C)cc2c(=O)cc(N3CCC(C)(C)CC3)oc12. The number of ether oxygens (including phenoxy) is 1. The van der Waals surface area contributed by atoms with Crippen molar-refractivity contribution in [1.29, 1.82) is 0 Å². The number of benzene rings is 1. The fraction of sp³-hybridized carbons (Fsp3) is 0.474. The molecule has 0 amide bonds. The molecule has 0 atom stereocenters. The lowest BCUT2D eigenvalue weighted by Gasteiger charge is -2.37. The summed E-state index contributed by atoms with van der Waals surface area (Å²) in [7, 11) is 1.32. The van der Waals surface area contributed by atoms with Crippen LogP contribution in [0.5, 0.6) is 0 Å². The highest BCUT2D eigenvalue weighted by atomic mass is 16.5. The summed E-state index contributed by atoms with van der Waals surface area (Å²) < 4.78 is 10.8. The number of anilines is 1. The molecule has 0 radical (unpaired) electrons. The van der Waals surface area contributed by atoms with Gasteiger partial charge in [-0.1, -0.05) is 13.8 Å². The Morgan fingerprint density at radius 1 is 1.21 bits per heavy atom. The fourth-order valence-electron chi connectivity index (χ4n) is 3.14. The van der Waals surface area contributed by atoms with Crippen LogP contribution in [0.3, 0.4) is 0 Å². The largest absolute Gasteiger partial charge is 0.465 e. The number of hydrogen-bond acceptors (Lipinski definition) is 5. The van der Waals surface area contributed by atoms with E-state index in [1.165, 1.54) is 13.2 Å². The van der Waals surface area contributed by atoms with Crippen LogP contribution in [0.15, 0.2) is 27.4 Å². The fourth-order valence-corrected chi connectivity index (χ4v) is 3.14. The first kappa shape index (κ1) is 16.6. The Labute approximate surface area is 141 Å². The molecule has 0 saturated carbocycles. The van der Waals surface area contributed by atoms with Crippen LogP contribution in [-0.4, -0.2) is 26.2 Å². The van der Waals surface area contributed by atoms with Crippen LogP contribution in [0.4, 0.5) is 5.88 Å². The van der Waals surface area contributed by atoms with E-state index in [4.69, 9.17) is 9.15 Å². The molecule has 0 unspecified atom stereocenters. The second kappa shape index (κ2) is 5.96. The van der Waals surface area contributed by atoms with E-state index in [1.54, 1.807) is 12.1 Å². The summed E-state index contributed by atoms with van der Waals surface area (Å²) in [5.41, 5.74) is 1.60. The first-order valence-electron chi connectivity index (χ1n) is 8.22. The molecule has 128 valence electrons. The molecule has 0 spiro atoms. The number of rotatable bonds is 2. The van der Waals surface area contributed by atoms with Crippen molar-refractivity contribution in [2.45, 2.75) is 33.6 Å². The zero-order chi connectivity index (χ0) is 17.5. The Kier molecular flexibility index (Phi) is 4.11. The lowest BCUT2D eigenvalue weighted by atomic mass is 9.83. The third-order valence-electron chi connectivity index (χ3n) is 4.79. The topological polar surface area (TPSA) is 59.8 Å². The zero-order valence-electron chi connectivity index (χ0n) is 14.6. The first-order chi connectivity index (χ1) is 11.3. The van der Waals surface area contributed by atoms with E-state index < -0.39 is 5.97 Å². The molecule has 2 heterocycles. The third kappa shape index (κ3) is 3.03. The Morgan fingerprint density at radius 2 is 1.88 bits per heavy atom. The van der Waals surface area contributed by atoms with Gasteiger partial charge in [0.1, 0.15) is 5.56 Å². The average molecular weight is 329 g/mol. The summed E-state index contributed by atoms with van der Waals surface area (Å²) in [6.07, 6.45) is 2.07. The number of carbonyl (C=O) groups is 1. The molecule has 1 aliphatic heterocycles. The molecule has 2 aromatic rings. The van der Waals surface area contributed by atoms with Gasteiger partial charge in [0.15, 0.2) is 16.9 Å². The van der Waals surface area contributed by atoms with Crippen LogP contribution in [0.1, 0.15) is 42.6 Å². The molecule has 1 saturated heterocycles. The maximum Gasteiger partial charge on any atom is 0.341 e. The van der Waals surface area contributed by atoms with Crippen molar-refractivity contribution in [3.05, 3.63) is 39.5 Å². The smallest absolute Gasteiger partial charge is 0.341 e. The summed E-state index contributed by atoms with van der Waals surface area (Å²) in [6, 6.07) is 4.97. The van der Waals surface area contributed by atoms with Crippen molar-refractivity contribution in [2.24, 2.45) is 5.41 Å². The highest BCUT2D eigenvalue weighted by molar-refractivity contribution is 6.02. The molecule has 3 rings (SSSR count). The van der Waals surface area contributed by atoms with Gasteiger partial charge < -0.3 is 14.1 Å². The van der Waals surface area contributed by atoms with E-state index in [2.05, 4.69) is 18.7 Å². The number of aryl methyl sites for hydroxylation is 1. The standard InChI is InChI=1S/C19H23NO4/c1-12-9-13-15(21)11-16(20-7-5-19(2,3)6-8-20)24-17(13)14(10-12)18(22)23-4/h9-11H,5-8H2,1-4H3. The number of methoxy groups -OCH3 is 1. The van der Waals surface area contributed by atoms with E-state index in [-0.39, 0.29) is 5.43 Å². The molecular formula is C19H23NO4. The highest BCUT2D eigenvalue weighted by Gasteiger charge is 2.27. The molecule has 1 aromatic carbocycles. The molecule has 1 aliphatic rings. The van der Waals surface area contributed by atoms with Gasteiger partial charge in [0.05, 0.1) is 12.5 Å². The maximum absolute atomic E-state index is 12.5. The molecule has 0 bridgehead atoms. The van der Waals surface area contributed by atoms with Crippen LogP contribution >= 0.6 is 0 Å². The van der Waals surface area contributed by atoms with Crippen molar-refractivity contribution < 1.29 is 13.9 Å². The highest BCUT2D eigenvalue weighted by Crippen LogP contribution is 2.33. The summed E-state index contributed by atoms with van der Waals surface area (Å²) in [5, 5.41) is 0.413. The molecule has 1 aromatic heterocycles. The van der Waals surface area contributed by atoms with E-state index >= 15 is 0 Å². The summed E-state index contributed by atoms with van der Waals surface area (Å²) in [6.45, 7) is 8.01. The van der Waals surface area contributed by atoms with E-state index in [0.29, 0.717) is 27.8 Å². The first-order valence-corrected chi connectivity index (χ1v) is 8.22. The lowest BCUT2D eigenvalue weighted by molar-refractivity contribution is 0.0601. The minimum absolute atomic E-state index is 0.134. The minimum Gasteiger partial charge on any atom is -0.465 e. The molecule has 24 heavy (non-hydrogen) atoms. The van der Waals surface area contributed by atoms with Crippen LogP contribution in [-0.2, 0) is 4.74 Å². The summed E-state index contributed by atoms with van der Waals surface area (Å²) >= 11 is 0. The van der Waals surface area contributed by atoms with Crippen LogP contribution < -0.4 is 10.3 Å². The predicted molar refractivity (Wildman–Crippen MR) is 93.8 cm³/mol. The van der Waals surface area contributed by atoms with Gasteiger partial charge in [0.2, 0.25) is 0 Å². The monoisotopic (exact) mass is 329 g/mol. The van der Waals surface area contributed by atoms with Gasteiger partial charge in [0, 0.05) is 19.2 Å². The second-order valence-electron chi connectivity index (χ2n) is 7.28. The Morgan fingerprint density at radius 3 is 2.50 bits per heavy atom. The maximum atomic E-state index is 12.5. The average Bonchev–Trinajstić information content (AvgIpc) is 2.54. The number of carbonyl (C=O) groups excluding carboxylic acids is 1. The van der Waals surface area contributed by atoms with E-state index in [9.17, 15) is 9.59 Å². The molecule has 5 nitrogen and oxygen atoms in total. The van der Waals surface area contributed by atoms with Gasteiger partial charge >= 0.3 is 5.97 Å². The minimum atomic E-state index is -0.497. The molecular weight excluding hydrogens is 306 g/mol. The van der Waals surface area contributed by atoms with Gasteiger partial charge in [0.25, 0.3) is 0 Å². The predicted octanol–water partition coefficient (Wildman–Crippen LogP) is 3.51. The summed E-state index contributed by atoms with van der Waals surface area (Å²) in [4.78, 5) is 26.7. The molecule has 0 N–H and O–H groups in total. The number of fused-ring (bicyclic) bond motifs is 1. The number of esters is 1. The van der Waals surface area contributed by atoms with Crippen molar-refractivity contribution in [2.75, 3.05) is 25.1 Å².